The van der Waals surface area contributed by atoms with Gasteiger partial charge < -0.3 is 15.5 Å². The number of carbonyl (C=O) groups is 3. The van der Waals surface area contributed by atoms with Crippen molar-refractivity contribution in [1.82, 2.24) is 30.2 Å². The molecule has 4 heterocycles. The maximum absolute atomic E-state index is 13.9. The Balaban J connectivity index is 0.927. The third kappa shape index (κ3) is 8.94. The molecular weight excluding hydrogens is 778 g/mol. The lowest BCUT2D eigenvalue weighted by Crippen LogP contribution is -2.56. The van der Waals surface area contributed by atoms with Crippen molar-refractivity contribution < 1.29 is 36.0 Å². The summed E-state index contributed by atoms with van der Waals surface area (Å²) >= 11 is 0. The minimum absolute atomic E-state index is 0.0305. The number of hydrazine groups is 1. The zero-order valence-corrected chi connectivity index (χ0v) is 32.9. The normalized spacial score (nSPS) is 16.5. The van der Waals surface area contributed by atoms with Gasteiger partial charge in [-0.3, -0.25) is 24.1 Å². The number of hydrogen-bond acceptors (Lipinski definition) is 11. The molecule has 3 aromatic carbocycles. The molecule has 2 fully saturated rings. The van der Waals surface area contributed by atoms with Crippen LogP contribution in [0.3, 0.4) is 0 Å². The molecular formula is C39H43F3N10O5S. The molecule has 3 aliphatic rings. The highest BCUT2D eigenvalue weighted by Crippen LogP contribution is 2.35. The first-order valence-corrected chi connectivity index (χ1v) is 20.5. The number of aromatic nitrogens is 2. The molecule has 19 heteroatoms. The average Bonchev–Trinajstić information content (AvgIpc) is 3.51. The number of anilines is 5. The fraction of sp³-hybridized carbons (Fsp3) is 0.359. The smallest absolute Gasteiger partial charge is 0.371 e. The predicted molar refractivity (Wildman–Crippen MR) is 212 cm³/mol. The molecule has 306 valence electrons. The third-order valence-electron chi connectivity index (χ3n) is 10.6. The molecule has 3 N–H and O–H groups in total. The Bertz CT molecular complexity index is 2320. The van der Waals surface area contributed by atoms with Crippen molar-refractivity contribution in [3.63, 3.8) is 0 Å². The summed E-state index contributed by atoms with van der Waals surface area (Å²) in [5.74, 6) is -1.06. The minimum Gasteiger partial charge on any atom is -0.371 e. The van der Waals surface area contributed by atoms with E-state index in [9.17, 15) is 36.0 Å². The van der Waals surface area contributed by atoms with E-state index in [1.54, 1.807) is 30.3 Å². The van der Waals surface area contributed by atoms with Crippen molar-refractivity contribution in [2.45, 2.75) is 51.1 Å². The number of carbonyl (C=O) groups excluding carboxylic acids is 3. The summed E-state index contributed by atoms with van der Waals surface area (Å²) in [6.45, 7) is 2.70. The fourth-order valence-electron chi connectivity index (χ4n) is 7.33. The highest BCUT2D eigenvalue weighted by Gasteiger charge is 2.37. The Morgan fingerprint density at radius 1 is 0.931 bits per heavy atom. The topological polar surface area (TPSA) is 163 Å². The standard InChI is InChI=1S/C39H43F3N10O5S/c1-48(23-26-7-12-32-27(19-26)24-52(36(32)54)51-18-15-34(53)46-38(51)55)29-13-16-50(17-14-29)30-10-8-28(9-11-30)45-37-44-22-33(39(40,41)42)35(47-37)43-21-25-5-4-6-31(20-25)49(2)58(3,56)57/h4-12,19-20,22,29H,13-18,21,23-24H2,1-3H3,(H,46,53,55)(H2,43,44,45,47). The second-order valence-electron chi connectivity index (χ2n) is 14.6. The van der Waals surface area contributed by atoms with Gasteiger partial charge >= 0.3 is 12.2 Å². The van der Waals surface area contributed by atoms with Crippen LogP contribution >= 0.6 is 0 Å². The van der Waals surface area contributed by atoms with Crippen molar-refractivity contribution in [3.05, 3.63) is 101 Å². The largest absolute Gasteiger partial charge is 0.421 e. The van der Waals surface area contributed by atoms with Crippen molar-refractivity contribution in [2.75, 3.05) is 59.8 Å². The van der Waals surface area contributed by atoms with Gasteiger partial charge in [-0.15, -0.1) is 0 Å². The maximum Gasteiger partial charge on any atom is 0.421 e. The number of halogens is 3. The van der Waals surface area contributed by atoms with Crippen LogP contribution in [0.15, 0.2) is 72.9 Å². The third-order valence-corrected chi connectivity index (χ3v) is 11.8. The van der Waals surface area contributed by atoms with Gasteiger partial charge in [0.2, 0.25) is 21.9 Å². The molecule has 3 aliphatic heterocycles. The summed E-state index contributed by atoms with van der Waals surface area (Å²) in [7, 11) is -0.0438. The highest BCUT2D eigenvalue weighted by molar-refractivity contribution is 7.92. The summed E-state index contributed by atoms with van der Waals surface area (Å²) in [6.07, 6.45) is -0.945. The molecule has 0 atom stereocenters. The minimum atomic E-state index is -4.71. The summed E-state index contributed by atoms with van der Waals surface area (Å²) in [5.41, 5.74) is 3.94. The van der Waals surface area contributed by atoms with Gasteiger partial charge in [0.1, 0.15) is 11.4 Å². The van der Waals surface area contributed by atoms with Crippen LogP contribution in [-0.4, -0.2) is 97.2 Å². The van der Waals surface area contributed by atoms with Crippen LogP contribution in [-0.2, 0) is 40.6 Å². The summed E-state index contributed by atoms with van der Waals surface area (Å²) in [6, 6.07) is 19.5. The van der Waals surface area contributed by atoms with E-state index >= 15 is 0 Å². The molecule has 4 amide bonds. The molecule has 2 saturated heterocycles. The Hall–Kier alpha value is -5.95. The number of imide groups is 1. The summed E-state index contributed by atoms with van der Waals surface area (Å²) in [4.78, 5) is 49.6. The second kappa shape index (κ2) is 16.1. The number of nitrogens with zero attached hydrogens (tertiary/aromatic N) is 7. The van der Waals surface area contributed by atoms with E-state index in [1.807, 2.05) is 36.4 Å². The fourth-order valence-corrected chi connectivity index (χ4v) is 7.82. The number of alkyl halides is 3. The first-order chi connectivity index (χ1) is 27.5. The summed E-state index contributed by atoms with van der Waals surface area (Å²) in [5, 5.41) is 10.7. The number of urea groups is 1. The van der Waals surface area contributed by atoms with Crippen molar-refractivity contribution >= 4 is 56.7 Å². The Labute approximate surface area is 333 Å². The number of nitrogens with one attached hydrogen (secondary N) is 3. The Kier molecular flexibility index (Phi) is 11.2. The van der Waals surface area contributed by atoms with Crippen LogP contribution in [0.2, 0.25) is 0 Å². The van der Waals surface area contributed by atoms with Gasteiger partial charge in [0, 0.05) is 68.8 Å². The first-order valence-electron chi connectivity index (χ1n) is 18.6. The lowest BCUT2D eigenvalue weighted by molar-refractivity contribution is -0.137. The van der Waals surface area contributed by atoms with Gasteiger partial charge in [-0.1, -0.05) is 24.3 Å². The quantitative estimate of drug-likeness (QED) is 0.173. The van der Waals surface area contributed by atoms with E-state index < -0.39 is 33.6 Å². The Morgan fingerprint density at radius 3 is 2.36 bits per heavy atom. The number of amides is 4. The number of benzene rings is 3. The van der Waals surface area contributed by atoms with Crippen LogP contribution in [0.25, 0.3) is 0 Å². The molecule has 0 spiro atoms. The van der Waals surface area contributed by atoms with Crippen LogP contribution < -0.4 is 25.2 Å². The number of piperidine rings is 1. The average molecular weight is 821 g/mol. The predicted octanol–water partition coefficient (Wildman–Crippen LogP) is 5.16. The second-order valence-corrected chi connectivity index (χ2v) is 16.6. The molecule has 4 aromatic rings. The summed E-state index contributed by atoms with van der Waals surface area (Å²) < 4.78 is 66.7. The number of rotatable bonds is 12. The lowest BCUT2D eigenvalue weighted by atomic mass is 10.0. The Morgan fingerprint density at radius 2 is 1.67 bits per heavy atom. The molecule has 1 aromatic heterocycles. The van der Waals surface area contributed by atoms with E-state index in [-0.39, 0.29) is 43.8 Å². The molecule has 0 saturated carbocycles. The molecule has 0 aliphatic carbocycles. The van der Waals surface area contributed by atoms with Crippen molar-refractivity contribution in [1.29, 1.82) is 0 Å². The monoisotopic (exact) mass is 820 g/mol. The van der Waals surface area contributed by atoms with E-state index in [0.717, 1.165) is 59.5 Å². The van der Waals surface area contributed by atoms with E-state index in [4.69, 9.17) is 0 Å². The molecule has 0 bridgehead atoms. The van der Waals surface area contributed by atoms with E-state index in [0.29, 0.717) is 35.1 Å². The first kappa shape index (κ1) is 40.3. The SMILES string of the molecule is CN(Cc1ccc2c(c1)CN(N1CCC(=O)NC1=O)C2=O)C1CCN(c2ccc(Nc3ncc(C(F)(F)F)c(NCc4cccc(N(C)S(C)(=O)=O)c4)n3)cc2)CC1. The van der Waals surface area contributed by atoms with Gasteiger partial charge in [0.15, 0.2) is 0 Å². The van der Waals surface area contributed by atoms with Crippen LogP contribution in [0.5, 0.6) is 0 Å². The maximum atomic E-state index is 13.9. The van der Waals surface area contributed by atoms with Gasteiger partial charge in [0.05, 0.1) is 25.0 Å². The van der Waals surface area contributed by atoms with Gasteiger partial charge in [-0.05, 0) is 79.0 Å². The van der Waals surface area contributed by atoms with Crippen molar-refractivity contribution in [2.24, 2.45) is 0 Å². The molecule has 0 radical (unpaired) electrons. The van der Waals surface area contributed by atoms with Gasteiger partial charge in [-0.25, -0.2) is 28.2 Å². The zero-order chi connectivity index (χ0) is 41.4. The van der Waals surface area contributed by atoms with E-state index in [1.165, 1.54) is 17.1 Å². The van der Waals surface area contributed by atoms with Gasteiger partial charge in [-0.2, -0.15) is 18.2 Å². The molecule has 58 heavy (non-hydrogen) atoms. The number of sulfonamides is 1. The number of fused-ring (bicyclic) bond motifs is 1. The molecule has 0 unspecified atom stereocenters. The van der Waals surface area contributed by atoms with Crippen LogP contribution in [0.4, 0.5) is 46.8 Å². The zero-order valence-electron chi connectivity index (χ0n) is 32.1. The lowest BCUT2D eigenvalue weighted by Gasteiger charge is -2.38. The van der Waals surface area contributed by atoms with Gasteiger partial charge in [0.25, 0.3) is 5.91 Å². The van der Waals surface area contributed by atoms with Crippen LogP contribution in [0, 0.1) is 0 Å². The number of hydrogen-bond donors (Lipinski definition) is 3. The van der Waals surface area contributed by atoms with E-state index in [2.05, 4.69) is 42.8 Å². The highest BCUT2D eigenvalue weighted by atomic mass is 32.2. The van der Waals surface area contributed by atoms with Crippen molar-refractivity contribution in [3.8, 4) is 0 Å². The molecule has 7 rings (SSSR count). The van der Waals surface area contributed by atoms with Crippen LogP contribution in [0.1, 0.15) is 51.9 Å². The molecule has 15 nitrogen and oxygen atoms in total.